The molecule has 0 fully saturated rings. The molecular formula is C34H62N2O5. The van der Waals surface area contributed by atoms with Gasteiger partial charge in [0.2, 0.25) is 5.91 Å². The van der Waals surface area contributed by atoms with E-state index in [0.717, 1.165) is 51.4 Å². The van der Waals surface area contributed by atoms with E-state index in [1.165, 1.54) is 57.8 Å². The summed E-state index contributed by atoms with van der Waals surface area (Å²) in [6, 6.07) is -0.870. The van der Waals surface area contributed by atoms with E-state index in [1.807, 2.05) is 6.08 Å². The van der Waals surface area contributed by atoms with E-state index in [-0.39, 0.29) is 18.0 Å². The van der Waals surface area contributed by atoms with Crippen molar-refractivity contribution in [1.82, 2.24) is 5.32 Å². The highest BCUT2D eigenvalue weighted by molar-refractivity contribution is 5.83. The number of rotatable bonds is 29. The molecule has 2 atom stereocenters. The Labute approximate surface area is 251 Å². The lowest BCUT2D eigenvalue weighted by Gasteiger charge is -2.15. The molecule has 0 aromatic rings. The normalized spacial score (nSPS) is 13.0. The van der Waals surface area contributed by atoms with Gasteiger partial charge in [-0.2, -0.15) is 0 Å². The highest BCUT2D eigenvalue weighted by Crippen LogP contribution is 2.15. The van der Waals surface area contributed by atoms with Crippen LogP contribution < -0.4 is 11.1 Å². The van der Waals surface area contributed by atoms with Gasteiger partial charge >= 0.3 is 11.9 Å². The maximum atomic E-state index is 12.5. The number of aliphatic carboxylic acids is 1. The third-order valence-electron chi connectivity index (χ3n) is 7.25. The third-order valence-corrected chi connectivity index (χ3v) is 7.25. The summed E-state index contributed by atoms with van der Waals surface area (Å²) in [5.74, 6) is -1.36. The average Bonchev–Trinajstić information content (AvgIpc) is 2.95. The Morgan fingerprint density at radius 1 is 0.732 bits per heavy atom. The van der Waals surface area contributed by atoms with Crippen LogP contribution in [0.3, 0.4) is 0 Å². The predicted octanol–water partition coefficient (Wildman–Crippen LogP) is 8.16. The number of nitrogens with two attached hydrogens (primary N) is 1. The van der Waals surface area contributed by atoms with Gasteiger partial charge in [0.05, 0.1) is 0 Å². The first-order valence-electron chi connectivity index (χ1n) is 16.7. The Morgan fingerprint density at radius 3 is 1.98 bits per heavy atom. The van der Waals surface area contributed by atoms with E-state index in [9.17, 15) is 19.5 Å². The van der Waals surface area contributed by atoms with Crippen LogP contribution in [0.2, 0.25) is 0 Å². The zero-order valence-electron chi connectivity index (χ0n) is 26.4. The topological polar surface area (TPSA) is 119 Å². The van der Waals surface area contributed by atoms with E-state index in [4.69, 9.17) is 10.5 Å². The first-order valence-corrected chi connectivity index (χ1v) is 16.7. The number of carbonyl (C=O) groups excluding carboxylic acids is 2. The molecule has 238 valence electrons. The maximum Gasteiger partial charge on any atom is 0.326 e. The zero-order chi connectivity index (χ0) is 30.4. The van der Waals surface area contributed by atoms with E-state index in [1.54, 1.807) is 0 Å². The zero-order valence-corrected chi connectivity index (χ0v) is 26.4. The Hall–Kier alpha value is -2.15. The second kappa shape index (κ2) is 29.3. The maximum absolute atomic E-state index is 12.5. The summed E-state index contributed by atoms with van der Waals surface area (Å²) in [5, 5.41) is 11.8. The molecule has 1 amide bonds. The number of carboxylic acids is 1. The molecule has 0 rings (SSSR count). The number of nitrogens with one attached hydrogen (secondary N) is 1. The van der Waals surface area contributed by atoms with Gasteiger partial charge in [0, 0.05) is 12.8 Å². The van der Waals surface area contributed by atoms with Crippen molar-refractivity contribution in [2.75, 3.05) is 6.54 Å². The van der Waals surface area contributed by atoms with Crippen molar-refractivity contribution in [2.45, 2.75) is 167 Å². The minimum absolute atomic E-state index is 0.111. The van der Waals surface area contributed by atoms with Crippen LogP contribution in [0.5, 0.6) is 0 Å². The van der Waals surface area contributed by atoms with Gasteiger partial charge in [-0.3, -0.25) is 9.59 Å². The fraction of sp³-hybridized carbons (Fsp3) is 0.794. The van der Waals surface area contributed by atoms with Gasteiger partial charge in [-0.1, -0.05) is 109 Å². The number of hydrogen-bond donors (Lipinski definition) is 3. The van der Waals surface area contributed by atoms with Crippen molar-refractivity contribution in [1.29, 1.82) is 0 Å². The van der Waals surface area contributed by atoms with E-state index >= 15 is 0 Å². The molecule has 4 N–H and O–H groups in total. The lowest BCUT2D eigenvalue weighted by Crippen LogP contribution is -2.40. The first kappa shape index (κ1) is 38.9. The molecule has 0 aliphatic rings. The molecule has 0 aromatic carbocycles. The molecular weight excluding hydrogens is 516 g/mol. The summed E-state index contributed by atoms with van der Waals surface area (Å²) in [6.07, 6.45) is 29.5. The Kier molecular flexibility index (Phi) is 27.8. The minimum atomic E-state index is -1.02. The molecule has 2 unspecified atom stereocenters. The number of unbranched alkanes of at least 4 members (excludes halogenated alkanes) is 13. The number of allylic oxidation sites excluding steroid dienone is 3. The first-order chi connectivity index (χ1) is 19.9. The molecule has 0 aliphatic carbocycles. The Bertz CT molecular complexity index is 707. The smallest absolute Gasteiger partial charge is 0.326 e. The predicted molar refractivity (Wildman–Crippen MR) is 170 cm³/mol. The van der Waals surface area contributed by atoms with Crippen LogP contribution in [-0.2, 0) is 19.1 Å². The Balaban J connectivity index is 4.39. The molecule has 0 saturated heterocycles. The number of ether oxygens (including phenoxy) is 1. The van der Waals surface area contributed by atoms with Gasteiger partial charge in [-0.05, 0) is 64.0 Å². The van der Waals surface area contributed by atoms with Gasteiger partial charge in [-0.15, -0.1) is 0 Å². The van der Waals surface area contributed by atoms with Crippen molar-refractivity contribution in [3.8, 4) is 0 Å². The lowest BCUT2D eigenvalue weighted by atomic mass is 10.1. The number of amides is 1. The van der Waals surface area contributed by atoms with Crippen LogP contribution in [-0.4, -0.2) is 41.6 Å². The Morgan fingerprint density at radius 2 is 1.34 bits per heavy atom. The fourth-order valence-electron chi connectivity index (χ4n) is 4.68. The third kappa shape index (κ3) is 26.5. The molecule has 41 heavy (non-hydrogen) atoms. The number of esters is 1. The van der Waals surface area contributed by atoms with Crippen LogP contribution in [0.25, 0.3) is 0 Å². The molecule has 0 aliphatic heterocycles. The second-order valence-electron chi connectivity index (χ2n) is 11.2. The number of carbonyl (C=O) groups is 3. The highest BCUT2D eigenvalue weighted by Gasteiger charge is 2.18. The summed E-state index contributed by atoms with van der Waals surface area (Å²) in [4.78, 5) is 35.9. The summed E-state index contributed by atoms with van der Waals surface area (Å²) in [7, 11) is 0. The van der Waals surface area contributed by atoms with Gasteiger partial charge in [0.1, 0.15) is 12.1 Å². The summed E-state index contributed by atoms with van der Waals surface area (Å²) in [6.45, 7) is 4.83. The number of carboxylic acid groups (broad SMARTS) is 1. The second-order valence-corrected chi connectivity index (χ2v) is 11.2. The van der Waals surface area contributed by atoms with Crippen molar-refractivity contribution in [3.63, 3.8) is 0 Å². The average molecular weight is 579 g/mol. The highest BCUT2D eigenvalue weighted by atomic mass is 16.5. The summed E-state index contributed by atoms with van der Waals surface area (Å²) in [5.41, 5.74) is 5.45. The monoisotopic (exact) mass is 578 g/mol. The molecule has 0 bridgehead atoms. The van der Waals surface area contributed by atoms with Gasteiger partial charge in [0.15, 0.2) is 0 Å². The molecule has 0 saturated carbocycles. The van der Waals surface area contributed by atoms with Gasteiger partial charge in [0.25, 0.3) is 0 Å². The largest absolute Gasteiger partial charge is 0.480 e. The fourth-order valence-corrected chi connectivity index (χ4v) is 4.68. The van der Waals surface area contributed by atoms with Crippen LogP contribution in [0, 0.1) is 0 Å². The number of hydrogen-bond acceptors (Lipinski definition) is 5. The van der Waals surface area contributed by atoms with E-state index in [0.29, 0.717) is 38.6 Å². The summed E-state index contributed by atoms with van der Waals surface area (Å²) < 4.78 is 5.83. The van der Waals surface area contributed by atoms with Gasteiger partial charge < -0.3 is 20.9 Å². The molecule has 7 heteroatoms. The molecule has 0 heterocycles. The molecule has 0 radical (unpaired) electrons. The quantitative estimate of drug-likeness (QED) is 0.0468. The van der Waals surface area contributed by atoms with Crippen LogP contribution in [0.1, 0.15) is 155 Å². The van der Waals surface area contributed by atoms with Crippen LogP contribution in [0.15, 0.2) is 24.3 Å². The van der Waals surface area contributed by atoms with Crippen LogP contribution >= 0.6 is 0 Å². The minimum Gasteiger partial charge on any atom is -0.480 e. The van der Waals surface area contributed by atoms with Crippen molar-refractivity contribution < 1.29 is 24.2 Å². The summed E-state index contributed by atoms with van der Waals surface area (Å²) >= 11 is 0. The van der Waals surface area contributed by atoms with Gasteiger partial charge in [-0.25, -0.2) is 4.79 Å². The van der Waals surface area contributed by atoms with E-state index < -0.39 is 12.0 Å². The standard InChI is InChI=1S/C34H62N2O5/c1-3-5-7-9-11-12-14-16-22-28-33(38)41-30(24-19-15-13-10-8-6-4-2)25-20-17-18-21-27-32(37)36-31(34(39)40)26-23-29-35/h10,13,19,24,30-31H,3-9,11-12,14-18,20-23,25-29,35H2,1-2H3,(H,36,37)(H,39,40)/b13-10-,24-19-. The SMILES string of the molecule is CCCC/C=C\C/C=C\C(CCCCCCC(=O)NC(CCCN)C(=O)O)OC(=O)CCCCCCCCCCC. The van der Waals surface area contributed by atoms with Crippen LogP contribution in [0.4, 0.5) is 0 Å². The molecule has 7 nitrogen and oxygen atoms in total. The molecule has 0 spiro atoms. The van der Waals surface area contributed by atoms with E-state index in [2.05, 4.69) is 37.4 Å². The van der Waals surface area contributed by atoms with Crippen molar-refractivity contribution in [3.05, 3.63) is 24.3 Å². The molecule has 0 aromatic heterocycles. The van der Waals surface area contributed by atoms with Crippen molar-refractivity contribution >= 4 is 17.8 Å². The lowest BCUT2D eigenvalue weighted by molar-refractivity contribution is -0.147. The van der Waals surface area contributed by atoms with Crippen molar-refractivity contribution in [2.24, 2.45) is 5.73 Å².